The van der Waals surface area contributed by atoms with E-state index in [1.54, 1.807) is 0 Å². The van der Waals surface area contributed by atoms with Gasteiger partial charge >= 0.3 is 0 Å². The molecule has 0 aromatic heterocycles. The van der Waals surface area contributed by atoms with E-state index in [0.29, 0.717) is 12.5 Å². The zero-order chi connectivity index (χ0) is 15.9. The molecule has 0 spiro atoms. The van der Waals surface area contributed by atoms with Gasteiger partial charge in [-0.05, 0) is 24.1 Å². The lowest BCUT2D eigenvalue weighted by molar-refractivity contribution is 0.0945. The maximum absolute atomic E-state index is 13.6. The van der Waals surface area contributed by atoms with Crippen LogP contribution in [-0.4, -0.2) is 24.2 Å². The number of halogens is 2. The van der Waals surface area contributed by atoms with Crippen molar-refractivity contribution in [3.05, 3.63) is 71.3 Å². The average Bonchev–Trinajstić information content (AvgIpc) is 2.52. The van der Waals surface area contributed by atoms with Crippen molar-refractivity contribution in [2.75, 3.05) is 13.2 Å². The van der Waals surface area contributed by atoms with E-state index < -0.39 is 17.5 Å². The fraction of sp³-hybridized carbons (Fsp3) is 0.235. The summed E-state index contributed by atoms with van der Waals surface area (Å²) in [4.78, 5) is 12.0. The molecule has 2 N–H and O–H groups in total. The van der Waals surface area contributed by atoms with E-state index in [2.05, 4.69) is 5.32 Å². The monoisotopic (exact) mass is 305 g/mol. The van der Waals surface area contributed by atoms with Crippen LogP contribution in [0.3, 0.4) is 0 Å². The van der Waals surface area contributed by atoms with Crippen molar-refractivity contribution in [2.24, 2.45) is 0 Å². The SMILES string of the molecule is O=C(NCC(CCO)c1ccccc1)c1ccc(F)cc1F. The van der Waals surface area contributed by atoms with E-state index in [4.69, 9.17) is 5.11 Å². The number of hydrogen-bond acceptors (Lipinski definition) is 2. The van der Waals surface area contributed by atoms with Crippen LogP contribution < -0.4 is 5.32 Å². The van der Waals surface area contributed by atoms with Crippen LogP contribution in [0.15, 0.2) is 48.5 Å². The highest BCUT2D eigenvalue weighted by Crippen LogP contribution is 2.18. The van der Waals surface area contributed by atoms with Crippen molar-refractivity contribution in [2.45, 2.75) is 12.3 Å². The molecule has 0 heterocycles. The lowest BCUT2D eigenvalue weighted by Crippen LogP contribution is -2.29. The fourth-order valence-electron chi connectivity index (χ4n) is 2.25. The van der Waals surface area contributed by atoms with Crippen LogP contribution in [0, 0.1) is 11.6 Å². The van der Waals surface area contributed by atoms with Gasteiger partial charge in [0.1, 0.15) is 11.6 Å². The second-order valence-corrected chi connectivity index (χ2v) is 4.95. The molecule has 1 atom stereocenters. The number of rotatable bonds is 6. The van der Waals surface area contributed by atoms with Crippen molar-refractivity contribution in [1.29, 1.82) is 0 Å². The summed E-state index contributed by atoms with van der Waals surface area (Å²) in [7, 11) is 0. The highest BCUT2D eigenvalue weighted by molar-refractivity contribution is 5.94. The average molecular weight is 305 g/mol. The first-order valence-electron chi connectivity index (χ1n) is 7.01. The van der Waals surface area contributed by atoms with Crippen LogP contribution in [0.4, 0.5) is 8.78 Å². The Balaban J connectivity index is 2.04. The number of hydrogen-bond donors (Lipinski definition) is 2. The molecule has 5 heteroatoms. The Labute approximate surface area is 127 Å². The molecule has 0 aliphatic carbocycles. The molecule has 0 bridgehead atoms. The molecule has 2 rings (SSSR count). The molecule has 0 radical (unpaired) electrons. The smallest absolute Gasteiger partial charge is 0.254 e. The zero-order valence-corrected chi connectivity index (χ0v) is 11.9. The van der Waals surface area contributed by atoms with Gasteiger partial charge in [-0.1, -0.05) is 30.3 Å². The highest BCUT2D eigenvalue weighted by atomic mass is 19.1. The first kappa shape index (κ1) is 16.1. The summed E-state index contributed by atoms with van der Waals surface area (Å²) in [6, 6.07) is 12.3. The minimum atomic E-state index is -0.893. The van der Waals surface area contributed by atoms with Crippen LogP contribution in [0.5, 0.6) is 0 Å². The quantitative estimate of drug-likeness (QED) is 0.862. The zero-order valence-electron chi connectivity index (χ0n) is 11.9. The van der Waals surface area contributed by atoms with Gasteiger partial charge in [0, 0.05) is 25.1 Å². The molecular weight excluding hydrogens is 288 g/mol. The number of aliphatic hydroxyl groups excluding tert-OH is 1. The number of carbonyl (C=O) groups is 1. The number of aliphatic hydroxyl groups is 1. The van der Waals surface area contributed by atoms with Crippen molar-refractivity contribution >= 4 is 5.91 Å². The first-order valence-corrected chi connectivity index (χ1v) is 7.01. The van der Waals surface area contributed by atoms with E-state index >= 15 is 0 Å². The normalized spacial score (nSPS) is 12.0. The number of carbonyl (C=O) groups excluding carboxylic acids is 1. The number of nitrogens with one attached hydrogen (secondary N) is 1. The third-order valence-corrected chi connectivity index (χ3v) is 3.43. The summed E-state index contributed by atoms with van der Waals surface area (Å²) < 4.78 is 26.4. The van der Waals surface area contributed by atoms with E-state index in [-0.39, 0.29) is 24.6 Å². The molecule has 1 amide bonds. The summed E-state index contributed by atoms with van der Waals surface area (Å²) in [6.07, 6.45) is 0.482. The third kappa shape index (κ3) is 4.11. The molecule has 0 aliphatic rings. The van der Waals surface area contributed by atoms with Gasteiger partial charge in [-0.25, -0.2) is 8.78 Å². The van der Waals surface area contributed by atoms with Gasteiger partial charge in [0.25, 0.3) is 5.91 Å². The minimum Gasteiger partial charge on any atom is -0.396 e. The summed E-state index contributed by atoms with van der Waals surface area (Å²) in [5, 5.41) is 11.8. The molecule has 0 fully saturated rings. The number of amides is 1. The Kier molecular flexibility index (Phi) is 5.61. The van der Waals surface area contributed by atoms with Crippen LogP contribution in [0.2, 0.25) is 0 Å². The van der Waals surface area contributed by atoms with Gasteiger partial charge < -0.3 is 10.4 Å². The van der Waals surface area contributed by atoms with Crippen molar-refractivity contribution in [3.8, 4) is 0 Å². The second-order valence-electron chi connectivity index (χ2n) is 4.95. The van der Waals surface area contributed by atoms with Crippen LogP contribution in [0.25, 0.3) is 0 Å². The summed E-state index contributed by atoms with van der Waals surface area (Å²) in [5.74, 6) is -2.29. The van der Waals surface area contributed by atoms with E-state index in [1.165, 1.54) is 0 Å². The predicted octanol–water partition coefficient (Wildman–Crippen LogP) is 2.86. The minimum absolute atomic E-state index is 0.0136. The Morgan fingerprint density at radius 2 is 1.86 bits per heavy atom. The van der Waals surface area contributed by atoms with Gasteiger partial charge in [0.15, 0.2) is 0 Å². The number of benzene rings is 2. The molecule has 0 saturated heterocycles. The van der Waals surface area contributed by atoms with Gasteiger partial charge in [-0.15, -0.1) is 0 Å². The molecule has 0 saturated carbocycles. The van der Waals surface area contributed by atoms with Gasteiger partial charge in [-0.3, -0.25) is 4.79 Å². The van der Waals surface area contributed by atoms with Gasteiger partial charge in [0.2, 0.25) is 0 Å². The second kappa shape index (κ2) is 7.66. The summed E-state index contributed by atoms with van der Waals surface area (Å²) >= 11 is 0. The first-order chi connectivity index (χ1) is 10.6. The standard InChI is InChI=1S/C17H17F2NO2/c18-14-6-7-15(16(19)10-14)17(22)20-11-13(8-9-21)12-4-2-1-3-5-12/h1-7,10,13,21H,8-9,11H2,(H,20,22). The van der Waals surface area contributed by atoms with Crippen molar-refractivity contribution in [3.63, 3.8) is 0 Å². The topological polar surface area (TPSA) is 49.3 Å². The summed E-state index contributed by atoms with van der Waals surface area (Å²) in [6.45, 7) is 0.251. The fourth-order valence-corrected chi connectivity index (χ4v) is 2.25. The van der Waals surface area contributed by atoms with E-state index in [0.717, 1.165) is 17.7 Å². The maximum Gasteiger partial charge on any atom is 0.254 e. The molecule has 22 heavy (non-hydrogen) atoms. The lowest BCUT2D eigenvalue weighted by atomic mass is 9.96. The predicted molar refractivity (Wildman–Crippen MR) is 79.6 cm³/mol. The van der Waals surface area contributed by atoms with E-state index in [1.807, 2.05) is 30.3 Å². The molecular formula is C17H17F2NO2. The van der Waals surface area contributed by atoms with Gasteiger partial charge in [0.05, 0.1) is 5.56 Å². The Morgan fingerprint density at radius 1 is 1.14 bits per heavy atom. The Bertz CT molecular complexity index is 632. The lowest BCUT2D eigenvalue weighted by Gasteiger charge is -2.17. The molecule has 2 aromatic rings. The van der Waals surface area contributed by atoms with Crippen LogP contribution in [0.1, 0.15) is 28.3 Å². The van der Waals surface area contributed by atoms with Crippen molar-refractivity contribution < 1.29 is 18.7 Å². The molecule has 0 aliphatic heterocycles. The highest BCUT2D eigenvalue weighted by Gasteiger charge is 2.16. The molecule has 2 aromatic carbocycles. The molecule has 3 nitrogen and oxygen atoms in total. The Hall–Kier alpha value is -2.27. The summed E-state index contributed by atoms with van der Waals surface area (Å²) in [5.41, 5.74) is 0.786. The Morgan fingerprint density at radius 3 is 2.50 bits per heavy atom. The van der Waals surface area contributed by atoms with Crippen LogP contribution >= 0.6 is 0 Å². The molecule has 116 valence electrons. The largest absolute Gasteiger partial charge is 0.396 e. The van der Waals surface area contributed by atoms with Gasteiger partial charge in [-0.2, -0.15) is 0 Å². The van der Waals surface area contributed by atoms with Crippen LogP contribution in [-0.2, 0) is 0 Å². The third-order valence-electron chi connectivity index (χ3n) is 3.43. The maximum atomic E-state index is 13.6. The molecule has 1 unspecified atom stereocenters. The van der Waals surface area contributed by atoms with E-state index in [9.17, 15) is 13.6 Å². The van der Waals surface area contributed by atoms with Crippen molar-refractivity contribution in [1.82, 2.24) is 5.32 Å².